The average Bonchev–Trinajstić information content (AvgIpc) is 3.00. The van der Waals surface area contributed by atoms with E-state index in [4.69, 9.17) is 0 Å². The van der Waals surface area contributed by atoms with Crippen molar-refractivity contribution in [3.63, 3.8) is 0 Å². The number of benzene rings is 2. The molecule has 0 bridgehead atoms. The van der Waals surface area contributed by atoms with Gasteiger partial charge in [-0.3, -0.25) is 9.59 Å². The first kappa shape index (κ1) is 24.6. The number of carbonyl (C=O) groups is 2. The van der Waals surface area contributed by atoms with Crippen molar-refractivity contribution in [3.8, 4) is 5.75 Å². The molecule has 1 heterocycles. The van der Waals surface area contributed by atoms with Crippen LogP contribution in [0.4, 0.5) is 13.2 Å². The van der Waals surface area contributed by atoms with E-state index in [1.807, 2.05) is 6.92 Å². The zero-order valence-corrected chi connectivity index (χ0v) is 20.7. The Balaban J connectivity index is 1.79. The predicted molar refractivity (Wildman–Crippen MR) is 126 cm³/mol. The van der Waals surface area contributed by atoms with Crippen LogP contribution in [0.25, 0.3) is 0 Å². The van der Waals surface area contributed by atoms with Gasteiger partial charge in [-0.15, -0.1) is 13.2 Å². The number of halogens is 3. The molecule has 0 aromatic heterocycles. The second kappa shape index (κ2) is 8.04. The number of nitrogens with one attached hydrogen (secondary N) is 1. The van der Waals surface area contributed by atoms with Crippen LogP contribution in [-0.2, 0) is 31.7 Å². The van der Waals surface area contributed by atoms with Gasteiger partial charge in [0.05, 0.1) is 0 Å². The summed E-state index contributed by atoms with van der Waals surface area (Å²) in [6, 6.07) is 9.83. The maximum absolute atomic E-state index is 12.5. The Morgan fingerprint density at radius 2 is 1.50 bits per heavy atom. The Hall–Kier alpha value is -2.48. The molecule has 8 heteroatoms. The number of ether oxygens (including phenoxy) is 1. The Morgan fingerprint density at radius 1 is 0.941 bits per heavy atom. The number of hydrogen-bond acceptors (Lipinski definition) is 4. The maximum Gasteiger partial charge on any atom is 0.573 e. The highest BCUT2D eigenvalue weighted by atomic mass is 32.2. The van der Waals surface area contributed by atoms with E-state index in [0.717, 1.165) is 35.7 Å². The van der Waals surface area contributed by atoms with Gasteiger partial charge in [0.15, 0.2) is 0 Å². The lowest BCUT2D eigenvalue weighted by molar-refractivity contribution is -0.274. The molecule has 2 aromatic carbocycles. The smallest absolute Gasteiger partial charge is 0.406 e. The summed E-state index contributed by atoms with van der Waals surface area (Å²) in [5, 5.41) is 2.32. The fraction of sp³-hybridized carbons (Fsp3) is 0.462. The van der Waals surface area contributed by atoms with Crippen LogP contribution in [0.3, 0.4) is 0 Å². The van der Waals surface area contributed by atoms with Crippen LogP contribution < -0.4 is 10.1 Å². The molecule has 1 amide bonds. The third kappa shape index (κ3) is 4.57. The molecule has 2 aromatic rings. The summed E-state index contributed by atoms with van der Waals surface area (Å²) in [5.41, 5.74) is 4.90. The van der Waals surface area contributed by atoms with Gasteiger partial charge in [-0.1, -0.05) is 52.0 Å². The monoisotopic (exact) mass is 491 g/mol. The topological polar surface area (TPSA) is 55.4 Å². The minimum absolute atomic E-state index is 0.0114. The van der Waals surface area contributed by atoms with Gasteiger partial charge in [0.1, 0.15) is 10.6 Å². The summed E-state index contributed by atoms with van der Waals surface area (Å²) in [6.07, 6.45) is -2.45. The van der Waals surface area contributed by atoms with Crippen LogP contribution in [-0.4, -0.2) is 17.4 Å². The highest BCUT2D eigenvalue weighted by Gasteiger charge is 2.48. The lowest BCUT2D eigenvalue weighted by atomic mass is 9.62. The molecule has 1 atom stereocenters. The molecule has 34 heavy (non-hydrogen) atoms. The SMILES string of the molecule is Cc1cc2c(cc1C1(Cc3ccc(OC(F)(F)F)cc3)NC(=O)C(=O)S1)C(C)(C)CCC2(C)C. The summed E-state index contributed by atoms with van der Waals surface area (Å²) < 4.78 is 41.5. The molecule has 2 aliphatic rings. The second-order valence-electron chi connectivity index (χ2n) is 10.5. The molecule has 1 unspecified atom stereocenters. The molecule has 0 spiro atoms. The van der Waals surface area contributed by atoms with E-state index in [0.29, 0.717) is 5.56 Å². The lowest BCUT2D eigenvalue weighted by Crippen LogP contribution is -2.41. The Bertz CT molecular complexity index is 1140. The minimum atomic E-state index is -4.77. The third-order valence-corrected chi connectivity index (χ3v) is 8.20. The average molecular weight is 492 g/mol. The van der Waals surface area contributed by atoms with Crippen molar-refractivity contribution in [2.24, 2.45) is 0 Å². The molecule has 1 saturated heterocycles. The van der Waals surface area contributed by atoms with Crippen molar-refractivity contribution in [1.82, 2.24) is 5.32 Å². The van der Waals surface area contributed by atoms with Crippen LogP contribution in [0.1, 0.15) is 68.4 Å². The number of fused-ring (bicyclic) bond motifs is 1. The van der Waals surface area contributed by atoms with Gasteiger partial charge < -0.3 is 10.1 Å². The van der Waals surface area contributed by atoms with Crippen molar-refractivity contribution in [2.45, 2.75) is 75.9 Å². The first-order chi connectivity index (χ1) is 15.6. The van der Waals surface area contributed by atoms with Gasteiger partial charge in [0.25, 0.3) is 11.0 Å². The first-order valence-corrected chi connectivity index (χ1v) is 12.0. The van der Waals surface area contributed by atoms with E-state index in [1.54, 1.807) is 0 Å². The molecule has 1 aliphatic heterocycles. The molecule has 0 radical (unpaired) electrons. The van der Waals surface area contributed by atoms with Gasteiger partial charge in [0, 0.05) is 6.42 Å². The molecular weight excluding hydrogens is 463 g/mol. The first-order valence-electron chi connectivity index (χ1n) is 11.2. The number of aryl methyl sites for hydroxylation is 1. The quantitative estimate of drug-likeness (QED) is 0.531. The zero-order valence-electron chi connectivity index (χ0n) is 19.9. The fourth-order valence-electron chi connectivity index (χ4n) is 5.02. The predicted octanol–water partition coefficient (Wildman–Crippen LogP) is 6.03. The molecule has 4 rings (SSSR count). The van der Waals surface area contributed by atoms with E-state index in [9.17, 15) is 22.8 Å². The molecule has 0 saturated carbocycles. The molecule has 4 nitrogen and oxygen atoms in total. The maximum atomic E-state index is 12.5. The van der Waals surface area contributed by atoms with Crippen molar-refractivity contribution < 1.29 is 27.5 Å². The van der Waals surface area contributed by atoms with E-state index in [1.165, 1.54) is 35.4 Å². The Labute approximate surface area is 201 Å². The number of hydrogen-bond donors (Lipinski definition) is 1. The summed E-state index contributed by atoms with van der Waals surface area (Å²) in [6.45, 7) is 10.9. The molecule has 1 N–H and O–H groups in total. The number of carbonyl (C=O) groups excluding carboxylic acids is 2. The summed E-state index contributed by atoms with van der Waals surface area (Å²) in [7, 11) is 0. The number of thioether (sulfide) groups is 1. The van der Waals surface area contributed by atoms with Gasteiger partial charge >= 0.3 is 6.36 Å². The highest BCUT2D eigenvalue weighted by molar-refractivity contribution is 8.16. The summed E-state index contributed by atoms with van der Waals surface area (Å²) in [4.78, 5) is 23.7. The van der Waals surface area contributed by atoms with Crippen molar-refractivity contribution >= 4 is 22.8 Å². The van der Waals surface area contributed by atoms with E-state index in [-0.39, 0.29) is 23.0 Å². The molecule has 1 aliphatic carbocycles. The van der Waals surface area contributed by atoms with Crippen LogP contribution in [0, 0.1) is 6.92 Å². The Morgan fingerprint density at radius 3 is 2.00 bits per heavy atom. The van der Waals surface area contributed by atoms with Crippen LogP contribution in [0.5, 0.6) is 5.75 Å². The van der Waals surface area contributed by atoms with Gasteiger partial charge in [0.2, 0.25) is 0 Å². The lowest BCUT2D eigenvalue weighted by Gasteiger charge is -2.43. The minimum Gasteiger partial charge on any atom is -0.406 e. The Kier molecular flexibility index (Phi) is 5.83. The van der Waals surface area contributed by atoms with Crippen LogP contribution in [0.2, 0.25) is 0 Å². The summed E-state index contributed by atoms with van der Waals surface area (Å²) >= 11 is 0.937. The number of amides is 1. The second-order valence-corrected chi connectivity index (χ2v) is 11.8. The molecular formula is C26H28F3NO3S. The van der Waals surface area contributed by atoms with E-state index < -0.39 is 22.3 Å². The summed E-state index contributed by atoms with van der Waals surface area (Å²) in [5.74, 6) is -0.989. The van der Waals surface area contributed by atoms with Gasteiger partial charge in [-0.25, -0.2) is 0 Å². The molecule has 182 valence electrons. The normalized spacial score (nSPS) is 23.4. The van der Waals surface area contributed by atoms with Crippen LogP contribution >= 0.6 is 11.8 Å². The van der Waals surface area contributed by atoms with E-state index >= 15 is 0 Å². The van der Waals surface area contributed by atoms with Crippen LogP contribution in [0.15, 0.2) is 36.4 Å². The standard InChI is InChI=1S/C26H28F3NO3S/c1-15-12-19-20(24(4,5)11-10-23(19,2)3)13-18(15)25(30-21(31)22(32)34-25)14-16-6-8-17(9-7-16)33-26(27,28)29/h6-9,12-13H,10-11,14H2,1-5H3,(H,30,31). The largest absolute Gasteiger partial charge is 0.573 e. The number of alkyl halides is 3. The zero-order chi connectivity index (χ0) is 25.1. The van der Waals surface area contributed by atoms with Crippen molar-refractivity contribution in [2.75, 3.05) is 0 Å². The van der Waals surface area contributed by atoms with Crippen molar-refractivity contribution in [1.29, 1.82) is 0 Å². The van der Waals surface area contributed by atoms with E-state index in [2.05, 4.69) is 49.9 Å². The van der Waals surface area contributed by atoms with Crippen molar-refractivity contribution in [3.05, 3.63) is 64.2 Å². The molecule has 1 fully saturated rings. The van der Waals surface area contributed by atoms with Gasteiger partial charge in [-0.2, -0.15) is 0 Å². The highest BCUT2D eigenvalue weighted by Crippen LogP contribution is 2.50. The third-order valence-electron chi connectivity index (χ3n) is 7.01. The fourth-order valence-corrected chi connectivity index (χ4v) is 6.19. The van der Waals surface area contributed by atoms with Gasteiger partial charge in [-0.05, 0) is 82.3 Å². The number of rotatable bonds is 4.